The van der Waals surface area contributed by atoms with Crippen molar-refractivity contribution in [3.05, 3.63) is 62.1 Å². The van der Waals surface area contributed by atoms with Crippen LogP contribution in [-0.4, -0.2) is 24.1 Å². The van der Waals surface area contributed by atoms with Gasteiger partial charge in [-0.25, -0.2) is 19.7 Å². The van der Waals surface area contributed by atoms with Gasteiger partial charge in [-0.2, -0.15) is 5.26 Å². The zero-order valence-corrected chi connectivity index (χ0v) is 13.5. The van der Waals surface area contributed by atoms with Gasteiger partial charge in [-0.15, -0.1) is 11.3 Å². The van der Waals surface area contributed by atoms with Gasteiger partial charge in [0, 0.05) is 30.5 Å². The van der Waals surface area contributed by atoms with E-state index in [0.717, 1.165) is 4.57 Å². The summed E-state index contributed by atoms with van der Waals surface area (Å²) in [7, 11) is 0. The van der Waals surface area contributed by atoms with E-state index in [2.05, 4.69) is 15.0 Å². The molecule has 0 radical (unpaired) electrons. The Hall–Kier alpha value is -3.12. The van der Waals surface area contributed by atoms with E-state index in [1.54, 1.807) is 30.8 Å². The fourth-order valence-corrected chi connectivity index (χ4v) is 2.91. The second-order valence-corrected chi connectivity index (χ2v) is 5.69. The number of aromatic nitrogens is 5. The minimum absolute atomic E-state index is 0.00345. The first kappa shape index (κ1) is 15.8. The lowest BCUT2D eigenvalue weighted by Gasteiger charge is -2.07. The Bertz CT molecular complexity index is 1030. The molecule has 8 nitrogen and oxygen atoms in total. The molecule has 9 heteroatoms. The van der Waals surface area contributed by atoms with Crippen LogP contribution in [0, 0.1) is 11.3 Å². The van der Waals surface area contributed by atoms with E-state index in [0.29, 0.717) is 23.1 Å². The fourth-order valence-electron chi connectivity index (χ4n) is 2.15. The lowest BCUT2D eigenvalue weighted by molar-refractivity contribution is 0.593. The summed E-state index contributed by atoms with van der Waals surface area (Å²) in [5.74, 6) is 0.484. The summed E-state index contributed by atoms with van der Waals surface area (Å²) in [6.07, 6.45) is 4.51. The van der Waals surface area contributed by atoms with Gasteiger partial charge >= 0.3 is 5.69 Å². The number of nitriles is 1. The first-order valence-electron chi connectivity index (χ1n) is 7.10. The average Bonchev–Trinajstić information content (AvgIpc) is 3.08. The van der Waals surface area contributed by atoms with Gasteiger partial charge in [0.15, 0.2) is 10.8 Å². The molecule has 24 heavy (non-hydrogen) atoms. The van der Waals surface area contributed by atoms with Crippen molar-refractivity contribution in [3.8, 4) is 16.9 Å². The molecule has 3 heterocycles. The molecule has 0 aliphatic rings. The molecule has 120 valence electrons. The highest BCUT2D eigenvalue weighted by molar-refractivity contribution is 7.13. The maximum absolute atomic E-state index is 12.3. The first-order chi connectivity index (χ1) is 11.6. The number of aryl methyl sites for hydroxylation is 1. The number of rotatable bonds is 4. The fraction of sp³-hybridized carbons (Fsp3) is 0.200. The second-order valence-electron chi connectivity index (χ2n) is 4.83. The molecule has 0 atom stereocenters. The molecule has 0 spiro atoms. The van der Waals surface area contributed by atoms with Crippen LogP contribution >= 0.6 is 11.3 Å². The lowest BCUT2D eigenvalue weighted by atomic mass is 10.3. The van der Waals surface area contributed by atoms with E-state index in [9.17, 15) is 9.59 Å². The van der Waals surface area contributed by atoms with Crippen LogP contribution in [0.4, 0.5) is 0 Å². The van der Waals surface area contributed by atoms with E-state index >= 15 is 0 Å². The number of thiazole rings is 1. The Kier molecular flexibility index (Phi) is 4.31. The monoisotopic (exact) mass is 340 g/mol. The van der Waals surface area contributed by atoms with Gasteiger partial charge in [-0.05, 0) is 13.0 Å². The maximum Gasteiger partial charge on any atom is 0.331 e. The third-order valence-corrected chi connectivity index (χ3v) is 4.21. The van der Waals surface area contributed by atoms with E-state index in [1.807, 2.05) is 6.07 Å². The highest BCUT2D eigenvalue weighted by atomic mass is 32.1. The molecule has 0 amide bonds. The van der Waals surface area contributed by atoms with Gasteiger partial charge in [0.05, 0.1) is 12.2 Å². The summed E-state index contributed by atoms with van der Waals surface area (Å²) in [5.41, 5.74) is -0.609. The summed E-state index contributed by atoms with van der Waals surface area (Å²) in [4.78, 5) is 37.2. The van der Waals surface area contributed by atoms with Crippen LogP contribution in [-0.2, 0) is 13.1 Å². The molecule has 0 bridgehead atoms. The van der Waals surface area contributed by atoms with Crippen molar-refractivity contribution < 1.29 is 0 Å². The Balaban J connectivity index is 2.01. The molecular weight excluding hydrogens is 328 g/mol. The minimum Gasteiger partial charge on any atom is -0.299 e. The molecule has 0 unspecified atom stereocenters. The van der Waals surface area contributed by atoms with Crippen molar-refractivity contribution in [2.24, 2.45) is 0 Å². The smallest absolute Gasteiger partial charge is 0.299 e. The highest BCUT2D eigenvalue weighted by Gasteiger charge is 2.13. The topological polar surface area (TPSA) is 106 Å². The second kappa shape index (κ2) is 6.55. The predicted molar refractivity (Wildman–Crippen MR) is 87.6 cm³/mol. The quantitative estimate of drug-likeness (QED) is 0.697. The van der Waals surface area contributed by atoms with Crippen molar-refractivity contribution in [2.45, 2.75) is 20.0 Å². The van der Waals surface area contributed by atoms with Crippen molar-refractivity contribution in [2.75, 3.05) is 0 Å². The molecule has 0 aliphatic heterocycles. The lowest BCUT2D eigenvalue weighted by Crippen LogP contribution is -2.41. The Morgan fingerprint density at radius 2 is 2.04 bits per heavy atom. The molecular formula is C15H12N6O2S. The highest BCUT2D eigenvalue weighted by Crippen LogP contribution is 2.19. The van der Waals surface area contributed by atoms with Crippen LogP contribution in [0.2, 0.25) is 0 Å². The van der Waals surface area contributed by atoms with E-state index in [4.69, 9.17) is 5.26 Å². The van der Waals surface area contributed by atoms with Gasteiger partial charge < -0.3 is 0 Å². The molecule has 3 aromatic heterocycles. The zero-order valence-electron chi connectivity index (χ0n) is 12.7. The summed E-state index contributed by atoms with van der Waals surface area (Å²) in [5, 5.41) is 11.4. The standard InChI is InChI=1S/C15H12N6O2S/c1-2-20-7-10(6-16)14(22)21(15(20)23)8-11-9-24-13(19-11)12-17-4-3-5-18-12/h3-5,7,9H,2,8H2,1H3. The van der Waals surface area contributed by atoms with Crippen LogP contribution in [0.5, 0.6) is 0 Å². The van der Waals surface area contributed by atoms with Gasteiger partial charge in [-0.1, -0.05) is 0 Å². The van der Waals surface area contributed by atoms with Crippen molar-refractivity contribution >= 4 is 11.3 Å². The van der Waals surface area contributed by atoms with Gasteiger partial charge in [0.1, 0.15) is 11.6 Å². The van der Waals surface area contributed by atoms with Gasteiger partial charge in [0.25, 0.3) is 5.56 Å². The van der Waals surface area contributed by atoms with Gasteiger partial charge in [-0.3, -0.25) is 13.9 Å². The third kappa shape index (κ3) is 2.87. The normalized spacial score (nSPS) is 10.5. The van der Waals surface area contributed by atoms with Crippen molar-refractivity contribution in [1.82, 2.24) is 24.1 Å². The average molecular weight is 340 g/mol. The van der Waals surface area contributed by atoms with Crippen molar-refractivity contribution in [1.29, 1.82) is 5.26 Å². The van der Waals surface area contributed by atoms with E-state index in [1.165, 1.54) is 22.1 Å². The Labute approximate surface area is 140 Å². The summed E-state index contributed by atoms with van der Waals surface area (Å²) in [6.45, 7) is 2.13. The van der Waals surface area contributed by atoms with Crippen LogP contribution in [0.3, 0.4) is 0 Å². The Morgan fingerprint density at radius 3 is 2.71 bits per heavy atom. The molecule has 0 saturated carbocycles. The molecule has 0 saturated heterocycles. The Morgan fingerprint density at radius 1 is 1.29 bits per heavy atom. The van der Waals surface area contributed by atoms with Crippen molar-refractivity contribution in [3.63, 3.8) is 0 Å². The van der Waals surface area contributed by atoms with Crippen LogP contribution in [0.25, 0.3) is 10.8 Å². The largest absolute Gasteiger partial charge is 0.331 e. The third-order valence-electron chi connectivity index (χ3n) is 3.33. The molecule has 0 aliphatic carbocycles. The number of hydrogen-bond acceptors (Lipinski definition) is 7. The number of nitrogens with zero attached hydrogens (tertiary/aromatic N) is 6. The molecule has 3 aromatic rings. The minimum atomic E-state index is -0.613. The SMILES string of the molecule is CCn1cc(C#N)c(=O)n(Cc2csc(-c3ncccn3)n2)c1=O. The maximum atomic E-state index is 12.3. The number of hydrogen-bond donors (Lipinski definition) is 0. The van der Waals surface area contributed by atoms with E-state index < -0.39 is 11.2 Å². The van der Waals surface area contributed by atoms with Crippen LogP contribution in [0.1, 0.15) is 18.2 Å². The molecule has 0 fully saturated rings. The summed E-state index contributed by atoms with van der Waals surface area (Å²) in [6, 6.07) is 3.53. The molecule has 3 rings (SSSR count). The van der Waals surface area contributed by atoms with Crippen LogP contribution < -0.4 is 11.2 Å². The van der Waals surface area contributed by atoms with Crippen LogP contribution in [0.15, 0.2) is 39.6 Å². The van der Waals surface area contributed by atoms with E-state index in [-0.39, 0.29) is 12.1 Å². The van der Waals surface area contributed by atoms with Gasteiger partial charge in [0.2, 0.25) is 0 Å². The first-order valence-corrected chi connectivity index (χ1v) is 7.98. The predicted octanol–water partition coefficient (Wildman–Crippen LogP) is 0.863. The summed E-state index contributed by atoms with van der Waals surface area (Å²) < 4.78 is 2.35. The molecule has 0 N–H and O–H groups in total. The molecule has 0 aromatic carbocycles. The summed E-state index contributed by atoms with van der Waals surface area (Å²) >= 11 is 1.33. The zero-order chi connectivity index (χ0) is 17.1.